The van der Waals surface area contributed by atoms with Gasteiger partial charge in [-0.3, -0.25) is 10.1 Å². The third-order valence-corrected chi connectivity index (χ3v) is 6.65. The summed E-state index contributed by atoms with van der Waals surface area (Å²) in [5, 5.41) is 11.2. The first-order chi connectivity index (χ1) is 17.5. The van der Waals surface area contributed by atoms with Crippen LogP contribution in [0.5, 0.6) is 0 Å². The minimum atomic E-state index is -0.283. The molecule has 36 heavy (non-hydrogen) atoms. The molecule has 3 aromatic rings. The third kappa shape index (κ3) is 4.90. The monoisotopic (exact) mass is 489 g/mol. The van der Waals surface area contributed by atoms with Crippen molar-refractivity contribution in [2.45, 2.75) is 32.4 Å². The number of fused-ring (bicyclic) bond motifs is 1. The van der Waals surface area contributed by atoms with E-state index in [1.54, 1.807) is 14.3 Å². The number of rotatable bonds is 6. The van der Waals surface area contributed by atoms with Gasteiger partial charge in [-0.25, -0.2) is 9.31 Å². The van der Waals surface area contributed by atoms with E-state index in [1.807, 2.05) is 62.6 Å². The summed E-state index contributed by atoms with van der Waals surface area (Å²) in [5.74, 6) is 0.470. The molecule has 188 valence electrons. The number of nitrogens with one attached hydrogen (secondary N) is 2. The standard InChI is InChI=1S/C26H31N7O3/c1-3-36-26(35)32-16-12-18(13-17-32)21-6-5-15-33-23(21)29-25(30-33)28-20-10-8-19(9-11-20)24(34)31(2)22-7-4-14-27-22/h5-6,8-12,15,22,27H,3-4,7,13-14,16-17H2,1-2H3,(H,28,30). The third-order valence-electron chi connectivity index (χ3n) is 6.65. The highest BCUT2D eigenvalue weighted by Gasteiger charge is 2.24. The molecule has 1 fully saturated rings. The minimum absolute atomic E-state index is 0.00118. The first-order valence-electron chi connectivity index (χ1n) is 12.4. The predicted octanol–water partition coefficient (Wildman–Crippen LogP) is 3.50. The van der Waals surface area contributed by atoms with E-state index in [4.69, 9.17) is 9.72 Å². The molecular weight excluding hydrogens is 458 g/mol. The molecule has 0 saturated carbocycles. The molecule has 2 amide bonds. The summed E-state index contributed by atoms with van der Waals surface area (Å²) in [6.45, 7) is 4.23. The lowest BCUT2D eigenvalue weighted by atomic mass is 10.0. The Hall–Kier alpha value is -3.92. The van der Waals surface area contributed by atoms with Gasteiger partial charge in [0.25, 0.3) is 5.91 Å². The van der Waals surface area contributed by atoms with E-state index in [0.717, 1.165) is 41.9 Å². The number of pyridine rings is 1. The van der Waals surface area contributed by atoms with Crippen LogP contribution in [-0.2, 0) is 4.74 Å². The Morgan fingerprint density at radius 3 is 2.78 bits per heavy atom. The summed E-state index contributed by atoms with van der Waals surface area (Å²) in [6.07, 6.45) is 6.50. The predicted molar refractivity (Wildman–Crippen MR) is 137 cm³/mol. The second-order valence-corrected chi connectivity index (χ2v) is 8.98. The van der Waals surface area contributed by atoms with Gasteiger partial charge in [0.05, 0.1) is 12.8 Å². The van der Waals surface area contributed by atoms with E-state index >= 15 is 0 Å². The van der Waals surface area contributed by atoms with Crippen LogP contribution in [0.2, 0.25) is 0 Å². The Morgan fingerprint density at radius 2 is 2.08 bits per heavy atom. The molecule has 4 heterocycles. The van der Waals surface area contributed by atoms with Crippen molar-refractivity contribution in [2.24, 2.45) is 0 Å². The van der Waals surface area contributed by atoms with E-state index < -0.39 is 0 Å². The van der Waals surface area contributed by atoms with Crippen molar-refractivity contribution in [1.29, 1.82) is 0 Å². The van der Waals surface area contributed by atoms with Gasteiger partial charge in [0, 0.05) is 43.1 Å². The molecule has 0 bridgehead atoms. The quantitative estimate of drug-likeness (QED) is 0.546. The highest BCUT2D eigenvalue weighted by atomic mass is 16.6. The SMILES string of the molecule is CCOC(=O)N1CC=C(c2cccn3nc(Nc4ccc(C(=O)N(C)C5CCCN5)cc4)nc23)CC1. The molecule has 2 aromatic heterocycles. The molecule has 1 saturated heterocycles. The number of carbonyl (C=O) groups is 2. The van der Waals surface area contributed by atoms with Crippen LogP contribution >= 0.6 is 0 Å². The second kappa shape index (κ2) is 10.4. The van der Waals surface area contributed by atoms with Gasteiger partial charge in [0.2, 0.25) is 5.95 Å². The maximum Gasteiger partial charge on any atom is 0.410 e. The summed E-state index contributed by atoms with van der Waals surface area (Å²) >= 11 is 0. The molecule has 2 aliphatic rings. The summed E-state index contributed by atoms with van der Waals surface area (Å²) in [4.78, 5) is 33.0. The van der Waals surface area contributed by atoms with E-state index in [0.29, 0.717) is 37.6 Å². The number of anilines is 2. The lowest BCUT2D eigenvalue weighted by molar-refractivity contribution is 0.0718. The zero-order valence-electron chi connectivity index (χ0n) is 20.6. The fourth-order valence-electron chi connectivity index (χ4n) is 4.67. The van der Waals surface area contributed by atoms with Gasteiger partial charge in [-0.05, 0) is 74.7 Å². The summed E-state index contributed by atoms with van der Waals surface area (Å²) in [6, 6.07) is 11.3. The molecule has 10 nitrogen and oxygen atoms in total. The van der Waals surface area contributed by atoms with Gasteiger partial charge in [-0.15, -0.1) is 5.10 Å². The van der Waals surface area contributed by atoms with Gasteiger partial charge >= 0.3 is 6.09 Å². The van der Waals surface area contributed by atoms with Crippen molar-refractivity contribution in [3.8, 4) is 0 Å². The number of aromatic nitrogens is 3. The lowest BCUT2D eigenvalue weighted by Crippen LogP contribution is -2.42. The Labute approximate surface area is 209 Å². The first kappa shape index (κ1) is 23.8. The van der Waals surface area contributed by atoms with Crippen LogP contribution in [0.25, 0.3) is 11.2 Å². The van der Waals surface area contributed by atoms with Crippen LogP contribution in [0.1, 0.15) is 42.1 Å². The Balaban J connectivity index is 1.29. The number of hydrogen-bond acceptors (Lipinski definition) is 7. The van der Waals surface area contributed by atoms with Crippen LogP contribution in [-0.4, -0.2) is 75.9 Å². The van der Waals surface area contributed by atoms with Crippen molar-refractivity contribution in [3.63, 3.8) is 0 Å². The van der Waals surface area contributed by atoms with Gasteiger partial charge in [0.15, 0.2) is 5.65 Å². The number of hydrogen-bond donors (Lipinski definition) is 2. The highest BCUT2D eigenvalue weighted by molar-refractivity contribution is 5.94. The Bertz CT molecular complexity index is 1280. The number of ether oxygens (including phenoxy) is 1. The van der Waals surface area contributed by atoms with Gasteiger partial charge < -0.3 is 19.9 Å². The van der Waals surface area contributed by atoms with Crippen LogP contribution in [0.4, 0.5) is 16.4 Å². The largest absolute Gasteiger partial charge is 0.450 e. The second-order valence-electron chi connectivity index (χ2n) is 8.98. The van der Waals surface area contributed by atoms with Crippen molar-refractivity contribution in [2.75, 3.05) is 38.6 Å². The molecule has 10 heteroatoms. The molecule has 1 atom stereocenters. The topological polar surface area (TPSA) is 104 Å². The molecular formula is C26H31N7O3. The Morgan fingerprint density at radius 1 is 1.25 bits per heavy atom. The van der Waals surface area contributed by atoms with E-state index in [9.17, 15) is 9.59 Å². The minimum Gasteiger partial charge on any atom is -0.450 e. The van der Waals surface area contributed by atoms with Crippen LogP contribution < -0.4 is 10.6 Å². The van der Waals surface area contributed by atoms with E-state index in [2.05, 4.69) is 15.7 Å². The number of carbonyl (C=O) groups excluding carboxylic acids is 2. The van der Waals surface area contributed by atoms with Crippen molar-refractivity contribution < 1.29 is 14.3 Å². The summed E-state index contributed by atoms with van der Waals surface area (Å²) < 4.78 is 6.85. The Kier molecular flexibility index (Phi) is 6.86. The summed E-state index contributed by atoms with van der Waals surface area (Å²) in [5.41, 5.74) is 4.30. The number of nitrogens with zero attached hydrogens (tertiary/aromatic N) is 5. The fourth-order valence-corrected chi connectivity index (χ4v) is 4.67. The zero-order valence-corrected chi connectivity index (χ0v) is 20.6. The van der Waals surface area contributed by atoms with Crippen molar-refractivity contribution >= 4 is 34.9 Å². The molecule has 1 aromatic carbocycles. The zero-order chi connectivity index (χ0) is 25.1. The average molecular weight is 490 g/mol. The van der Waals surface area contributed by atoms with Crippen molar-refractivity contribution in [1.82, 2.24) is 29.7 Å². The highest BCUT2D eigenvalue weighted by Crippen LogP contribution is 2.27. The smallest absolute Gasteiger partial charge is 0.410 e. The maximum atomic E-state index is 12.8. The molecule has 2 N–H and O–H groups in total. The van der Waals surface area contributed by atoms with Crippen LogP contribution in [0.3, 0.4) is 0 Å². The normalized spacial score (nSPS) is 17.7. The first-order valence-corrected chi connectivity index (χ1v) is 12.4. The van der Waals surface area contributed by atoms with Gasteiger partial charge in [0.1, 0.15) is 0 Å². The average Bonchev–Trinajstić information content (AvgIpc) is 3.58. The number of benzene rings is 1. The van der Waals surface area contributed by atoms with Crippen LogP contribution in [0.15, 0.2) is 48.7 Å². The molecule has 5 rings (SSSR count). The number of amides is 2. The lowest BCUT2D eigenvalue weighted by Gasteiger charge is -2.25. The van der Waals surface area contributed by atoms with Crippen molar-refractivity contribution in [3.05, 3.63) is 59.8 Å². The summed E-state index contributed by atoms with van der Waals surface area (Å²) in [7, 11) is 1.84. The molecule has 1 unspecified atom stereocenters. The molecule has 2 aliphatic heterocycles. The molecule has 0 radical (unpaired) electrons. The maximum absolute atomic E-state index is 12.8. The van der Waals surface area contributed by atoms with Crippen LogP contribution in [0, 0.1) is 0 Å². The van der Waals surface area contributed by atoms with E-state index in [1.165, 1.54) is 0 Å². The fraction of sp³-hybridized carbons (Fsp3) is 0.385. The molecule has 0 spiro atoms. The van der Waals surface area contributed by atoms with E-state index in [-0.39, 0.29) is 18.2 Å². The van der Waals surface area contributed by atoms with Gasteiger partial charge in [-0.2, -0.15) is 4.98 Å². The van der Waals surface area contributed by atoms with Gasteiger partial charge in [-0.1, -0.05) is 6.08 Å². The molecule has 0 aliphatic carbocycles.